The maximum Gasteiger partial charge on any atom is 0.277 e. The van der Waals surface area contributed by atoms with Crippen molar-refractivity contribution < 1.29 is 4.79 Å². The Hall–Kier alpha value is -2.95. The minimum absolute atomic E-state index is 0.267. The lowest BCUT2D eigenvalue weighted by molar-refractivity contribution is 0.102. The summed E-state index contributed by atoms with van der Waals surface area (Å²) in [7, 11) is 0. The van der Waals surface area contributed by atoms with Crippen LogP contribution in [0.2, 0.25) is 0 Å². The van der Waals surface area contributed by atoms with Gasteiger partial charge in [0.1, 0.15) is 0 Å². The first-order valence-electron chi connectivity index (χ1n) is 7.41. The number of benzene rings is 2. The fourth-order valence-corrected chi connectivity index (χ4v) is 2.25. The zero-order valence-electron chi connectivity index (χ0n) is 13.4. The number of carbonyl (C=O) groups is 1. The Labute approximate surface area is 135 Å². The highest BCUT2D eigenvalue weighted by Crippen LogP contribution is 2.17. The molecule has 3 aromatic rings. The van der Waals surface area contributed by atoms with Gasteiger partial charge in [-0.3, -0.25) is 4.79 Å². The van der Waals surface area contributed by atoms with Crippen molar-refractivity contribution >= 4 is 11.6 Å². The number of aryl methyl sites for hydroxylation is 3. The molecule has 0 atom stereocenters. The number of hydrogen-bond acceptors (Lipinski definition) is 3. The lowest BCUT2D eigenvalue weighted by Crippen LogP contribution is -2.13. The molecule has 0 radical (unpaired) electrons. The minimum Gasteiger partial charge on any atom is -0.320 e. The normalized spacial score (nSPS) is 10.6. The molecule has 23 heavy (non-hydrogen) atoms. The van der Waals surface area contributed by atoms with E-state index in [-0.39, 0.29) is 11.6 Å². The molecule has 5 nitrogen and oxygen atoms in total. The molecular weight excluding hydrogens is 288 g/mol. The van der Waals surface area contributed by atoms with Gasteiger partial charge in [-0.1, -0.05) is 35.0 Å². The number of carbonyl (C=O) groups excluding carboxylic acids is 1. The molecule has 0 saturated heterocycles. The van der Waals surface area contributed by atoms with Gasteiger partial charge in [0.25, 0.3) is 5.91 Å². The van der Waals surface area contributed by atoms with Crippen LogP contribution in [0.3, 0.4) is 0 Å². The average Bonchev–Trinajstić information content (AvgIpc) is 3.02. The van der Waals surface area contributed by atoms with Crippen molar-refractivity contribution in [2.75, 3.05) is 5.32 Å². The number of anilines is 1. The summed E-state index contributed by atoms with van der Waals surface area (Å²) in [6.45, 7) is 5.97. The summed E-state index contributed by atoms with van der Waals surface area (Å²) in [5.74, 6) is -0.267. The molecule has 0 aliphatic rings. The Morgan fingerprint density at radius 2 is 1.70 bits per heavy atom. The summed E-state index contributed by atoms with van der Waals surface area (Å²) in [5, 5.41) is 10.9. The van der Waals surface area contributed by atoms with Gasteiger partial charge in [-0.25, -0.2) is 4.68 Å². The molecule has 0 aliphatic carbocycles. The van der Waals surface area contributed by atoms with Crippen molar-refractivity contribution in [3.63, 3.8) is 0 Å². The lowest BCUT2D eigenvalue weighted by atomic mass is 10.1. The summed E-state index contributed by atoms with van der Waals surface area (Å²) in [4.78, 5) is 12.3. The maximum absolute atomic E-state index is 12.3. The molecule has 0 fully saturated rings. The molecule has 0 unspecified atom stereocenters. The van der Waals surface area contributed by atoms with Gasteiger partial charge in [-0.15, -0.1) is 5.10 Å². The van der Waals surface area contributed by atoms with Crippen molar-refractivity contribution in [1.29, 1.82) is 0 Å². The van der Waals surface area contributed by atoms with Crippen molar-refractivity contribution in [2.24, 2.45) is 0 Å². The highest BCUT2D eigenvalue weighted by Gasteiger charge is 2.13. The molecular formula is C18H18N4O. The van der Waals surface area contributed by atoms with Crippen LogP contribution in [0.1, 0.15) is 27.2 Å². The fourth-order valence-electron chi connectivity index (χ4n) is 2.25. The second kappa shape index (κ2) is 6.04. The molecule has 1 N–H and O–H groups in total. The molecule has 1 heterocycles. The van der Waals surface area contributed by atoms with Crippen molar-refractivity contribution in [2.45, 2.75) is 20.8 Å². The van der Waals surface area contributed by atoms with E-state index in [4.69, 9.17) is 0 Å². The van der Waals surface area contributed by atoms with Gasteiger partial charge in [-0.2, -0.15) is 0 Å². The molecule has 3 rings (SSSR count). The van der Waals surface area contributed by atoms with Crippen LogP contribution >= 0.6 is 0 Å². The highest BCUT2D eigenvalue weighted by atomic mass is 16.2. The van der Waals surface area contributed by atoms with E-state index in [1.807, 2.05) is 63.2 Å². The fraction of sp³-hybridized carbons (Fsp3) is 0.167. The van der Waals surface area contributed by atoms with E-state index < -0.39 is 0 Å². The molecule has 0 saturated carbocycles. The lowest BCUT2D eigenvalue weighted by Gasteiger charge is -2.07. The van der Waals surface area contributed by atoms with Crippen molar-refractivity contribution in [3.8, 4) is 5.69 Å². The first-order chi connectivity index (χ1) is 11.0. The number of nitrogens with one attached hydrogen (secondary N) is 1. The Morgan fingerprint density at radius 1 is 1.00 bits per heavy atom. The summed E-state index contributed by atoms with van der Waals surface area (Å²) >= 11 is 0. The van der Waals surface area contributed by atoms with E-state index >= 15 is 0 Å². The average molecular weight is 306 g/mol. The Balaban J connectivity index is 1.81. The number of nitrogens with zero attached hydrogens (tertiary/aromatic N) is 3. The van der Waals surface area contributed by atoms with Crippen LogP contribution in [0.15, 0.2) is 48.7 Å². The monoisotopic (exact) mass is 306 g/mol. The maximum atomic E-state index is 12.3. The predicted molar refractivity (Wildman–Crippen MR) is 90.0 cm³/mol. The number of amides is 1. The van der Waals surface area contributed by atoms with E-state index in [2.05, 4.69) is 15.6 Å². The molecule has 0 spiro atoms. The van der Waals surface area contributed by atoms with Gasteiger partial charge in [0.05, 0.1) is 11.9 Å². The third-order valence-corrected chi connectivity index (χ3v) is 3.67. The molecule has 1 amide bonds. The summed E-state index contributed by atoms with van der Waals surface area (Å²) < 4.78 is 1.59. The Morgan fingerprint density at radius 3 is 2.43 bits per heavy atom. The van der Waals surface area contributed by atoms with E-state index in [1.165, 1.54) is 5.56 Å². The number of aromatic nitrogens is 3. The summed E-state index contributed by atoms with van der Waals surface area (Å²) in [6.07, 6.45) is 1.63. The second-order valence-electron chi connectivity index (χ2n) is 5.66. The smallest absolute Gasteiger partial charge is 0.277 e. The van der Waals surface area contributed by atoms with Gasteiger partial charge in [0.15, 0.2) is 5.69 Å². The van der Waals surface area contributed by atoms with Crippen LogP contribution in [0.5, 0.6) is 0 Å². The van der Waals surface area contributed by atoms with Gasteiger partial charge in [0.2, 0.25) is 0 Å². The SMILES string of the molecule is Cc1ccc(-n2cc(C(=O)Nc3cc(C)ccc3C)nn2)cc1. The van der Waals surface area contributed by atoms with Gasteiger partial charge < -0.3 is 5.32 Å². The topological polar surface area (TPSA) is 59.8 Å². The second-order valence-corrected chi connectivity index (χ2v) is 5.66. The zero-order chi connectivity index (χ0) is 16.4. The number of hydrogen-bond donors (Lipinski definition) is 1. The third-order valence-electron chi connectivity index (χ3n) is 3.67. The third kappa shape index (κ3) is 3.29. The Kier molecular flexibility index (Phi) is 3.93. The van der Waals surface area contributed by atoms with Gasteiger partial charge in [-0.05, 0) is 50.1 Å². The van der Waals surface area contributed by atoms with E-state index in [9.17, 15) is 4.79 Å². The Bertz CT molecular complexity index is 850. The standard InChI is InChI=1S/C18H18N4O/c1-12-5-8-15(9-6-12)22-11-17(20-21-22)18(23)19-16-10-13(2)4-7-14(16)3/h4-11H,1-3H3,(H,19,23). The van der Waals surface area contributed by atoms with Crippen LogP contribution in [0.25, 0.3) is 5.69 Å². The molecule has 1 aromatic heterocycles. The van der Waals surface area contributed by atoms with Crippen LogP contribution < -0.4 is 5.32 Å². The quantitative estimate of drug-likeness (QED) is 0.806. The van der Waals surface area contributed by atoms with Crippen molar-refractivity contribution in [3.05, 3.63) is 71.0 Å². The van der Waals surface area contributed by atoms with E-state index in [0.29, 0.717) is 0 Å². The molecule has 0 bridgehead atoms. The summed E-state index contributed by atoms with van der Waals surface area (Å²) in [6, 6.07) is 13.8. The van der Waals surface area contributed by atoms with E-state index in [0.717, 1.165) is 22.5 Å². The largest absolute Gasteiger partial charge is 0.320 e. The molecule has 116 valence electrons. The van der Waals surface area contributed by atoms with E-state index in [1.54, 1.807) is 10.9 Å². The highest BCUT2D eigenvalue weighted by molar-refractivity contribution is 6.03. The van der Waals surface area contributed by atoms with Gasteiger partial charge in [0, 0.05) is 5.69 Å². The predicted octanol–water partition coefficient (Wildman–Crippen LogP) is 3.44. The first kappa shape index (κ1) is 15.0. The zero-order valence-corrected chi connectivity index (χ0v) is 13.4. The van der Waals surface area contributed by atoms with Gasteiger partial charge >= 0.3 is 0 Å². The van der Waals surface area contributed by atoms with Crippen LogP contribution in [0.4, 0.5) is 5.69 Å². The molecule has 5 heteroatoms. The van der Waals surface area contributed by atoms with Crippen LogP contribution in [-0.2, 0) is 0 Å². The number of rotatable bonds is 3. The molecule has 2 aromatic carbocycles. The molecule has 0 aliphatic heterocycles. The first-order valence-corrected chi connectivity index (χ1v) is 7.41. The minimum atomic E-state index is -0.267. The van der Waals surface area contributed by atoms with Crippen LogP contribution in [-0.4, -0.2) is 20.9 Å². The summed E-state index contributed by atoms with van der Waals surface area (Å²) in [5.41, 5.74) is 5.21. The van der Waals surface area contributed by atoms with Crippen molar-refractivity contribution in [1.82, 2.24) is 15.0 Å². The van der Waals surface area contributed by atoms with Crippen LogP contribution in [0, 0.1) is 20.8 Å².